The van der Waals surface area contributed by atoms with Gasteiger partial charge in [-0.2, -0.15) is 0 Å². The molecule has 0 saturated heterocycles. The van der Waals surface area contributed by atoms with Gasteiger partial charge in [-0.1, -0.05) is 13.8 Å². The quantitative estimate of drug-likeness (QED) is 0.673. The second-order valence-electron chi connectivity index (χ2n) is 4.97. The number of hydrogen-bond donors (Lipinski definition) is 3. The third kappa shape index (κ3) is 3.81. The standard InChI is InChI=1S/C14H23NO4/c1-4-14(5-2,9-16)8-15-7-11-6-12(13(17)18)19-10(11)3/h6,15-16H,4-5,7-9H2,1-3H3,(H,17,18). The first kappa shape index (κ1) is 15.7. The first-order valence-electron chi connectivity index (χ1n) is 6.62. The van der Waals surface area contributed by atoms with E-state index in [9.17, 15) is 9.90 Å². The van der Waals surface area contributed by atoms with Crippen LogP contribution in [0.3, 0.4) is 0 Å². The van der Waals surface area contributed by atoms with Gasteiger partial charge >= 0.3 is 5.97 Å². The Morgan fingerprint density at radius 3 is 2.47 bits per heavy atom. The van der Waals surface area contributed by atoms with Gasteiger partial charge in [0.05, 0.1) is 0 Å². The molecule has 0 amide bonds. The zero-order valence-electron chi connectivity index (χ0n) is 11.8. The number of carboxylic acids is 1. The van der Waals surface area contributed by atoms with Gasteiger partial charge < -0.3 is 19.9 Å². The van der Waals surface area contributed by atoms with E-state index < -0.39 is 5.97 Å². The molecule has 0 aliphatic heterocycles. The van der Waals surface area contributed by atoms with Crippen LogP contribution in [0.25, 0.3) is 0 Å². The third-order valence-corrected chi connectivity index (χ3v) is 3.88. The molecule has 0 atom stereocenters. The lowest BCUT2D eigenvalue weighted by Gasteiger charge is -2.29. The summed E-state index contributed by atoms with van der Waals surface area (Å²) in [5.41, 5.74) is 0.740. The molecule has 1 rings (SSSR count). The van der Waals surface area contributed by atoms with E-state index in [1.807, 2.05) is 0 Å². The molecule has 1 heterocycles. The molecule has 3 N–H and O–H groups in total. The van der Waals surface area contributed by atoms with E-state index >= 15 is 0 Å². The maximum absolute atomic E-state index is 10.8. The zero-order valence-corrected chi connectivity index (χ0v) is 11.8. The van der Waals surface area contributed by atoms with Crippen molar-refractivity contribution in [1.82, 2.24) is 5.32 Å². The number of rotatable bonds is 8. The number of nitrogens with one attached hydrogen (secondary N) is 1. The van der Waals surface area contributed by atoms with E-state index in [0.717, 1.165) is 18.4 Å². The summed E-state index contributed by atoms with van der Waals surface area (Å²) < 4.78 is 5.15. The first-order chi connectivity index (χ1) is 8.98. The van der Waals surface area contributed by atoms with Crippen molar-refractivity contribution in [3.05, 3.63) is 23.2 Å². The van der Waals surface area contributed by atoms with Crippen molar-refractivity contribution >= 4 is 5.97 Å². The number of aromatic carboxylic acids is 1. The minimum atomic E-state index is -1.05. The summed E-state index contributed by atoms with van der Waals surface area (Å²) in [6.45, 7) is 7.27. The molecule has 0 radical (unpaired) electrons. The van der Waals surface area contributed by atoms with Gasteiger partial charge in [0.2, 0.25) is 5.76 Å². The van der Waals surface area contributed by atoms with E-state index in [4.69, 9.17) is 9.52 Å². The molecule has 0 spiro atoms. The Kier molecular flexibility index (Phi) is 5.57. The predicted molar refractivity (Wildman–Crippen MR) is 72.2 cm³/mol. The van der Waals surface area contributed by atoms with Crippen molar-refractivity contribution in [1.29, 1.82) is 0 Å². The van der Waals surface area contributed by atoms with E-state index in [2.05, 4.69) is 19.2 Å². The SMILES string of the molecule is CCC(CC)(CO)CNCc1cc(C(=O)O)oc1C. The van der Waals surface area contributed by atoms with Gasteiger partial charge in [-0.25, -0.2) is 4.79 Å². The Bertz CT molecular complexity index is 413. The molecule has 5 nitrogen and oxygen atoms in total. The molecular weight excluding hydrogens is 246 g/mol. The second-order valence-corrected chi connectivity index (χ2v) is 4.97. The normalized spacial score (nSPS) is 11.8. The van der Waals surface area contributed by atoms with Crippen molar-refractivity contribution < 1.29 is 19.4 Å². The predicted octanol–water partition coefficient (Wildman–Crippen LogP) is 2.17. The van der Waals surface area contributed by atoms with Gasteiger partial charge in [-0.15, -0.1) is 0 Å². The Morgan fingerprint density at radius 2 is 2.05 bits per heavy atom. The Labute approximate surface area is 113 Å². The minimum absolute atomic E-state index is 0.0336. The van der Waals surface area contributed by atoms with Crippen LogP contribution < -0.4 is 5.32 Å². The molecule has 19 heavy (non-hydrogen) atoms. The van der Waals surface area contributed by atoms with Crippen molar-refractivity contribution in [2.75, 3.05) is 13.2 Å². The molecular formula is C14H23NO4. The number of aliphatic hydroxyl groups is 1. The lowest BCUT2D eigenvalue weighted by Crippen LogP contribution is -2.36. The molecule has 0 bridgehead atoms. The molecule has 5 heteroatoms. The van der Waals surface area contributed by atoms with Gasteiger partial charge in [0.1, 0.15) is 5.76 Å². The molecule has 0 aliphatic carbocycles. The number of carbonyl (C=O) groups is 1. The summed E-state index contributed by atoms with van der Waals surface area (Å²) in [5.74, 6) is -0.470. The van der Waals surface area contributed by atoms with Crippen LogP contribution in [0.2, 0.25) is 0 Å². The van der Waals surface area contributed by atoms with Crippen LogP contribution in [-0.4, -0.2) is 29.3 Å². The van der Waals surface area contributed by atoms with E-state index in [1.165, 1.54) is 0 Å². The number of aliphatic hydroxyl groups excluding tert-OH is 1. The summed E-state index contributed by atoms with van der Waals surface area (Å²) in [6.07, 6.45) is 1.80. The van der Waals surface area contributed by atoms with Crippen LogP contribution in [0.5, 0.6) is 0 Å². The van der Waals surface area contributed by atoms with E-state index in [-0.39, 0.29) is 17.8 Å². The number of furan rings is 1. The molecule has 0 unspecified atom stereocenters. The molecule has 0 aliphatic rings. The Hall–Kier alpha value is -1.33. The molecule has 0 fully saturated rings. The van der Waals surface area contributed by atoms with Crippen LogP contribution >= 0.6 is 0 Å². The average molecular weight is 269 g/mol. The molecule has 108 valence electrons. The highest BCUT2D eigenvalue weighted by Gasteiger charge is 2.24. The van der Waals surface area contributed by atoms with Gasteiger partial charge in [0.15, 0.2) is 0 Å². The summed E-state index contributed by atoms with van der Waals surface area (Å²) in [6, 6.07) is 1.54. The fraction of sp³-hybridized carbons (Fsp3) is 0.643. The molecule has 1 aromatic rings. The zero-order chi connectivity index (χ0) is 14.5. The fourth-order valence-corrected chi connectivity index (χ4v) is 2.04. The maximum atomic E-state index is 10.8. The lowest BCUT2D eigenvalue weighted by molar-refractivity contribution is 0.0661. The van der Waals surface area contributed by atoms with Gasteiger partial charge in [-0.3, -0.25) is 0 Å². The third-order valence-electron chi connectivity index (χ3n) is 3.88. The Morgan fingerprint density at radius 1 is 1.42 bits per heavy atom. The topological polar surface area (TPSA) is 82.7 Å². The van der Waals surface area contributed by atoms with Gasteiger partial charge in [-0.05, 0) is 25.8 Å². The fourth-order valence-electron chi connectivity index (χ4n) is 2.04. The number of hydrogen-bond acceptors (Lipinski definition) is 4. The smallest absolute Gasteiger partial charge is 0.371 e. The van der Waals surface area contributed by atoms with Crippen molar-refractivity contribution in [3.63, 3.8) is 0 Å². The van der Waals surface area contributed by atoms with Crippen LogP contribution in [0.1, 0.15) is 48.6 Å². The second kappa shape index (κ2) is 6.73. The van der Waals surface area contributed by atoms with Crippen molar-refractivity contribution in [2.24, 2.45) is 5.41 Å². The van der Waals surface area contributed by atoms with Crippen LogP contribution in [0.15, 0.2) is 10.5 Å². The first-order valence-corrected chi connectivity index (χ1v) is 6.62. The van der Waals surface area contributed by atoms with Gasteiger partial charge in [0.25, 0.3) is 0 Å². The van der Waals surface area contributed by atoms with E-state index in [1.54, 1.807) is 13.0 Å². The van der Waals surface area contributed by atoms with Crippen LogP contribution in [-0.2, 0) is 6.54 Å². The molecule has 0 saturated carbocycles. The highest BCUT2D eigenvalue weighted by molar-refractivity contribution is 5.84. The summed E-state index contributed by atoms with van der Waals surface area (Å²) in [4.78, 5) is 10.8. The molecule has 0 aromatic carbocycles. The number of aryl methyl sites for hydroxylation is 1. The summed E-state index contributed by atoms with van der Waals surface area (Å²) >= 11 is 0. The maximum Gasteiger partial charge on any atom is 0.371 e. The van der Waals surface area contributed by atoms with Crippen LogP contribution in [0.4, 0.5) is 0 Å². The summed E-state index contributed by atoms with van der Waals surface area (Å²) in [5, 5.41) is 21.6. The van der Waals surface area contributed by atoms with Gasteiger partial charge in [0, 0.05) is 30.7 Å². The van der Waals surface area contributed by atoms with Crippen LogP contribution in [0, 0.1) is 12.3 Å². The summed E-state index contributed by atoms with van der Waals surface area (Å²) in [7, 11) is 0. The molecule has 1 aromatic heterocycles. The Balaban J connectivity index is 2.60. The largest absolute Gasteiger partial charge is 0.475 e. The number of carboxylic acid groups (broad SMARTS) is 1. The highest BCUT2D eigenvalue weighted by atomic mass is 16.4. The monoisotopic (exact) mass is 269 g/mol. The van der Waals surface area contributed by atoms with Crippen molar-refractivity contribution in [2.45, 2.75) is 40.2 Å². The van der Waals surface area contributed by atoms with Crippen molar-refractivity contribution in [3.8, 4) is 0 Å². The average Bonchev–Trinajstić information content (AvgIpc) is 2.77. The minimum Gasteiger partial charge on any atom is -0.475 e. The lowest BCUT2D eigenvalue weighted by atomic mass is 9.83. The highest BCUT2D eigenvalue weighted by Crippen LogP contribution is 2.24. The van der Waals surface area contributed by atoms with E-state index in [0.29, 0.717) is 18.8 Å².